The van der Waals surface area contributed by atoms with Gasteiger partial charge in [0.15, 0.2) is 0 Å². The van der Waals surface area contributed by atoms with Gasteiger partial charge < -0.3 is 4.43 Å². The molecule has 0 bridgehead atoms. The minimum atomic E-state index is -1.77. The van der Waals surface area contributed by atoms with E-state index in [1.165, 1.54) is 0 Å². The zero-order valence-corrected chi connectivity index (χ0v) is 10.4. The average Bonchev–Trinajstić information content (AvgIpc) is 1.83. The fourth-order valence-electron chi connectivity index (χ4n) is 0.316. The largest absolute Gasteiger partial charge is 0.412 e. The molecule has 0 heterocycles. The summed E-state index contributed by atoms with van der Waals surface area (Å²) in [5.41, 5.74) is 0.508. The van der Waals surface area contributed by atoms with Crippen molar-refractivity contribution < 1.29 is 4.43 Å². The third-order valence-electron chi connectivity index (χ3n) is 0.948. The predicted octanol–water partition coefficient (Wildman–Crippen LogP) is 3.36. The van der Waals surface area contributed by atoms with Crippen molar-refractivity contribution >= 4 is 54.7 Å². The number of hydrogen-bond acceptors (Lipinski definition) is 1. The van der Waals surface area contributed by atoms with Crippen LogP contribution in [0.5, 0.6) is 0 Å². The zero-order chi connectivity index (χ0) is 9.12. The minimum Gasteiger partial charge on any atom is -0.412 e. The van der Waals surface area contributed by atoms with Crippen LogP contribution in [-0.2, 0) is 4.43 Å². The maximum absolute atomic E-state index is 5.63. The molecular weight excluding hydrogens is 246 g/mol. The van der Waals surface area contributed by atoms with Crippen molar-refractivity contribution in [3.63, 3.8) is 0 Å². The third kappa shape index (κ3) is 7.69. The van der Waals surface area contributed by atoms with Crippen LogP contribution in [0.4, 0.5) is 0 Å². The van der Waals surface area contributed by atoms with Gasteiger partial charge in [-0.25, -0.2) is 0 Å². The summed E-state index contributed by atoms with van der Waals surface area (Å²) in [4.78, 5) is 0. The lowest BCUT2D eigenvalue weighted by atomic mass is 10.9. The van der Waals surface area contributed by atoms with Crippen molar-refractivity contribution in [3.8, 4) is 0 Å². The van der Waals surface area contributed by atoms with E-state index in [4.69, 9.17) is 50.8 Å². The molecule has 0 spiro atoms. The molecular formula is C5H10Cl4OSi. The summed E-state index contributed by atoms with van der Waals surface area (Å²) in [5, 5.41) is 0. The summed E-state index contributed by atoms with van der Waals surface area (Å²) in [5.74, 6) is 0. The molecule has 6 heteroatoms. The Kier molecular flexibility index (Phi) is 5.09. The highest BCUT2D eigenvalue weighted by atomic mass is 35.6. The van der Waals surface area contributed by atoms with Crippen molar-refractivity contribution in [1.82, 2.24) is 0 Å². The van der Waals surface area contributed by atoms with Crippen molar-refractivity contribution in [1.29, 1.82) is 0 Å². The SMILES string of the molecule is C[Si](C)(CCl)OCC(Cl)(Cl)Cl. The highest BCUT2D eigenvalue weighted by molar-refractivity contribution is 6.78. The van der Waals surface area contributed by atoms with E-state index < -0.39 is 12.1 Å². The van der Waals surface area contributed by atoms with E-state index in [0.29, 0.717) is 5.50 Å². The number of rotatable bonds is 3. The van der Waals surface area contributed by atoms with Crippen LogP contribution in [0, 0.1) is 0 Å². The molecule has 0 aromatic heterocycles. The monoisotopic (exact) mass is 254 g/mol. The second kappa shape index (κ2) is 4.54. The van der Waals surface area contributed by atoms with Crippen LogP contribution in [-0.4, -0.2) is 24.2 Å². The second-order valence-corrected chi connectivity index (χ2v) is 10.2. The molecule has 0 rings (SSSR count). The smallest absolute Gasteiger partial charge is 0.212 e. The number of halogens is 4. The maximum atomic E-state index is 5.63. The van der Waals surface area contributed by atoms with E-state index in [-0.39, 0.29) is 6.61 Å². The van der Waals surface area contributed by atoms with Crippen LogP contribution >= 0.6 is 46.4 Å². The van der Waals surface area contributed by atoms with Gasteiger partial charge in [-0.05, 0) is 13.1 Å². The molecule has 0 aliphatic heterocycles. The van der Waals surface area contributed by atoms with Gasteiger partial charge in [0, 0.05) is 5.50 Å². The lowest BCUT2D eigenvalue weighted by molar-refractivity contribution is 0.319. The summed E-state index contributed by atoms with van der Waals surface area (Å²) in [6.45, 7) is 4.05. The van der Waals surface area contributed by atoms with Crippen LogP contribution in [0.2, 0.25) is 13.1 Å². The summed E-state index contributed by atoms with van der Waals surface area (Å²) < 4.78 is 4.03. The Morgan fingerprint density at radius 2 is 1.73 bits per heavy atom. The van der Waals surface area contributed by atoms with Crippen LogP contribution < -0.4 is 0 Å². The average molecular weight is 256 g/mol. The minimum absolute atomic E-state index is 0.115. The topological polar surface area (TPSA) is 9.23 Å². The van der Waals surface area contributed by atoms with Gasteiger partial charge in [0.05, 0.1) is 6.61 Å². The molecule has 0 saturated carbocycles. The molecule has 0 saturated heterocycles. The Morgan fingerprint density at radius 3 is 2.00 bits per heavy atom. The Balaban J connectivity index is 3.70. The first kappa shape index (κ1) is 12.3. The molecule has 0 N–H and O–H groups in total. The van der Waals surface area contributed by atoms with Gasteiger partial charge in [-0.1, -0.05) is 34.8 Å². The standard InChI is InChI=1S/C5H10Cl4OSi/c1-11(2,4-6)10-3-5(7,8)9/h3-4H2,1-2H3. The fourth-order valence-corrected chi connectivity index (χ4v) is 1.67. The molecule has 0 unspecified atom stereocenters. The van der Waals surface area contributed by atoms with Gasteiger partial charge >= 0.3 is 0 Å². The number of alkyl halides is 4. The zero-order valence-electron chi connectivity index (χ0n) is 6.33. The molecule has 68 valence electrons. The Bertz CT molecular complexity index is 122. The van der Waals surface area contributed by atoms with Crippen LogP contribution in [0.3, 0.4) is 0 Å². The van der Waals surface area contributed by atoms with Crippen molar-refractivity contribution in [3.05, 3.63) is 0 Å². The predicted molar refractivity (Wildman–Crippen MR) is 54.4 cm³/mol. The van der Waals surface area contributed by atoms with Gasteiger partial charge in [-0.2, -0.15) is 0 Å². The Morgan fingerprint density at radius 1 is 1.27 bits per heavy atom. The number of hydrogen-bond donors (Lipinski definition) is 0. The second-order valence-electron chi connectivity index (χ2n) is 2.80. The molecule has 0 radical (unpaired) electrons. The normalized spacial score (nSPS) is 13.6. The highest BCUT2D eigenvalue weighted by Gasteiger charge is 2.27. The molecule has 0 amide bonds. The van der Waals surface area contributed by atoms with Crippen molar-refractivity contribution in [2.75, 3.05) is 12.1 Å². The molecule has 0 aliphatic carbocycles. The lowest BCUT2D eigenvalue weighted by Crippen LogP contribution is -2.36. The van der Waals surface area contributed by atoms with Gasteiger partial charge in [-0.3, -0.25) is 0 Å². The van der Waals surface area contributed by atoms with E-state index in [2.05, 4.69) is 0 Å². The van der Waals surface area contributed by atoms with Crippen LogP contribution in [0.1, 0.15) is 0 Å². The Labute approximate surface area is 88.0 Å². The first-order chi connectivity index (χ1) is 4.77. The molecule has 11 heavy (non-hydrogen) atoms. The Hall–Kier alpha value is 1.34. The van der Waals surface area contributed by atoms with E-state index in [0.717, 1.165) is 0 Å². The van der Waals surface area contributed by atoms with E-state index >= 15 is 0 Å². The van der Waals surface area contributed by atoms with E-state index in [1.54, 1.807) is 0 Å². The first-order valence-corrected chi connectivity index (χ1v) is 7.82. The van der Waals surface area contributed by atoms with Gasteiger partial charge in [0.2, 0.25) is 12.1 Å². The van der Waals surface area contributed by atoms with Crippen LogP contribution in [0.15, 0.2) is 0 Å². The van der Waals surface area contributed by atoms with Gasteiger partial charge in [0.25, 0.3) is 0 Å². The van der Waals surface area contributed by atoms with E-state index in [1.807, 2.05) is 13.1 Å². The molecule has 0 aromatic rings. The van der Waals surface area contributed by atoms with Crippen molar-refractivity contribution in [2.45, 2.75) is 16.9 Å². The molecule has 0 fully saturated rings. The van der Waals surface area contributed by atoms with E-state index in [9.17, 15) is 0 Å². The fraction of sp³-hybridized carbons (Fsp3) is 1.00. The maximum Gasteiger partial charge on any atom is 0.212 e. The van der Waals surface area contributed by atoms with Gasteiger partial charge in [0.1, 0.15) is 0 Å². The lowest BCUT2D eigenvalue weighted by Gasteiger charge is -2.22. The highest BCUT2D eigenvalue weighted by Crippen LogP contribution is 2.27. The quantitative estimate of drug-likeness (QED) is 0.555. The first-order valence-electron chi connectivity index (χ1n) is 3.03. The third-order valence-corrected chi connectivity index (χ3v) is 4.78. The van der Waals surface area contributed by atoms with Crippen molar-refractivity contribution in [2.24, 2.45) is 0 Å². The summed E-state index contributed by atoms with van der Waals surface area (Å²) in [7, 11) is -1.77. The van der Waals surface area contributed by atoms with Gasteiger partial charge in [-0.15, -0.1) is 11.6 Å². The molecule has 0 aromatic carbocycles. The summed E-state index contributed by atoms with van der Waals surface area (Å²) in [6, 6.07) is 0. The summed E-state index contributed by atoms with van der Waals surface area (Å²) >= 11 is 22.1. The molecule has 1 nitrogen and oxygen atoms in total. The van der Waals surface area contributed by atoms with Crippen LogP contribution in [0.25, 0.3) is 0 Å². The molecule has 0 aliphatic rings. The summed E-state index contributed by atoms with van der Waals surface area (Å²) in [6.07, 6.45) is 0. The molecule has 0 atom stereocenters.